The molecule has 2 atom stereocenters. The molecule has 0 saturated carbocycles. The van der Waals surface area contributed by atoms with E-state index in [4.69, 9.17) is 5.26 Å². The number of nitrogens with zero attached hydrogens (tertiary/aromatic N) is 3. The van der Waals surface area contributed by atoms with Gasteiger partial charge in [-0.1, -0.05) is 20.8 Å². The van der Waals surface area contributed by atoms with Crippen molar-refractivity contribution >= 4 is 12.0 Å². The van der Waals surface area contributed by atoms with Crippen LogP contribution < -0.4 is 0 Å². The van der Waals surface area contributed by atoms with Gasteiger partial charge in [0.25, 0.3) is 0 Å². The van der Waals surface area contributed by atoms with Gasteiger partial charge >= 0.3 is 12.0 Å². The molecule has 1 saturated heterocycles. The number of carboxylic acids is 1. The number of carbonyl (C=O) groups is 2. The maximum Gasteiger partial charge on any atom is 0.326 e. The van der Waals surface area contributed by atoms with Gasteiger partial charge < -0.3 is 14.9 Å². The second-order valence-corrected chi connectivity index (χ2v) is 6.21. The lowest BCUT2D eigenvalue weighted by molar-refractivity contribution is -0.144. The van der Waals surface area contributed by atoms with E-state index in [9.17, 15) is 14.7 Å². The summed E-state index contributed by atoms with van der Waals surface area (Å²) in [5, 5.41) is 18.1. The largest absolute Gasteiger partial charge is 0.480 e. The zero-order valence-electron chi connectivity index (χ0n) is 13.1. The molecule has 21 heavy (non-hydrogen) atoms. The fraction of sp³-hybridized carbons (Fsp3) is 0.800. The minimum absolute atomic E-state index is 0.252. The van der Waals surface area contributed by atoms with Crippen LogP contribution in [0.4, 0.5) is 4.79 Å². The quantitative estimate of drug-likeness (QED) is 0.842. The first kappa shape index (κ1) is 17.3. The summed E-state index contributed by atoms with van der Waals surface area (Å²) in [7, 11) is 0. The minimum atomic E-state index is -0.945. The number of hydrogen-bond acceptors (Lipinski definition) is 3. The molecule has 0 aromatic carbocycles. The molecule has 2 amide bonds. The number of nitriles is 1. The average molecular weight is 295 g/mol. The second-order valence-electron chi connectivity index (χ2n) is 6.21. The van der Waals surface area contributed by atoms with Gasteiger partial charge in [-0.2, -0.15) is 5.26 Å². The Hall–Kier alpha value is -1.77. The van der Waals surface area contributed by atoms with Crippen molar-refractivity contribution in [3.8, 4) is 6.07 Å². The van der Waals surface area contributed by atoms with Gasteiger partial charge in [-0.05, 0) is 24.7 Å². The Morgan fingerprint density at radius 1 is 1.48 bits per heavy atom. The predicted molar refractivity (Wildman–Crippen MR) is 78.6 cm³/mol. The highest BCUT2D eigenvalue weighted by Gasteiger charge is 2.36. The Balaban J connectivity index is 2.84. The van der Waals surface area contributed by atoms with Crippen molar-refractivity contribution in [1.29, 1.82) is 5.26 Å². The summed E-state index contributed by atoms with van der Waals surface area (Å²) in [6.45, 7) is 7.38. The molecule has 0 spiro atoms. The molecule has 2 unspecified atom stereocenters. The van der Waals surface area contributed by atoms with Crippen molar-refractivity contribution in [3.63, 3.8) is 0 Å². The molecule has 0 bridgehead atoms. The van der Waals surface area contributed by atoms with E-state index in [0.717, 1.165) is 6.42 Å². The molecule has 0 radical (unpaired) electrons. The summed E-state index contributed by atoms with van der Waals surface area (Å²) in [6.07, 6.45) is 1.58. The second kappa shape index (κ2) is 7.87. The lowest BCUT2D eigenvalue weighted by atomic mass is 9.92. The van der Waals surface area contributed by atoms with Crippen LogP contribution in [0.2, 0.25) is 0 Å². The van der Waals surface area contributed by atoms with Crippen LogP contribution in [0.25, 0.3) is 0 Å². The summed E-state index contributed by atoms with van der Waals surface area (Å²) < 4.78 is 0. The van der Waals surface area contributed by atoms with Crippen LogP contribution in [-0.2, 0) is 4.79 Å². The fourth-order valence-electron chi connectivity index (χ4n) is 2.68. The van der Waals surface area contributed by atoms with Gasteiger partial charge in [0.2, 0.25) is 0 Å². The van der Waals surface area contributed by atoms with E-state index in [1.807, 2.05) is 26.8 Å². The Labute approximate surface area is 126 Å². The summed E-state index contributed by atoms with van der Waals surface area (Å²) >= 11 is 0. The molecule has 0 aliphatic carbocycles. The van der Waals surface area contributed by atoms with E-state index in [1.54, 1.807) is 4.90 Å². The van der Waals surface area contributed by atoms with Crippen LogP contribution in [0.5, 0.6) is 0 Å². The minimum Gasteiger partial charge on any atom is -0.480 e. The summed E-state index contributed by atoms with van der Waals surface area (Å²) in [4.78, 5) is 27.1. The van der Waals surface area contributed by atoms with Gasteiger partial charge in [-0.15, -0.1) is 0 Å². The maximum atomic E-state index is 12.6. The van der Waals surface area contributed by atoms with E-state index >= 15 is 0 Å². The SMILES string of the molecule is CC(C)CN(CCC#N)C(=O)N1CCC(C)CC1C(=O)O. The molecule has 0 aromatic heterocycles. The number of likely N-dealkylation sites (tertiary alicyclic amines) is 1. The topological polar surface area (TPSA) is 84.6 Å². The lowest BCUT2D eigenvalue weighted by Crippen LogP contribution is -2.55. The Kier molecular flexibility index (Phi) is 6.47. The molecule has 1 fully saturated rings. The van der Waals surface area contributed by atoms with E-state index in [1.165, 1.54) is 4.90 Å². The number of hydrogen-bond donors (Lipinski definition) is 1. The van der Waals surface area contributed by atoms with Crippen molar-refractivity contribution < 1.29 is 14.7 Å². The van der Waals surface area contributed by atoms with Gasteiger partial charge in [-0.25, -0.2) is 9.59 Å². The summed E-state index contributed by atoms with van der Waals surface area (Å²) in [5.41, 5.74) is 0. The third kappa shape index (κ3) is 4.92. The van der Waals surface area contributed by atoms with E-state index < -0.39 is 12.0 Å². The zero-order valence-corrected chi connectivity index (χ0v) is 13.1. The Bertz CT molecular complexity index is 417. The van der Waals surface area contributed by atoms with Crippen LogP contribution in [0, 0.1) is 23.2 Å². The molecule has 1 aliphatic heterocycles. The van der Waals surface area contributed by atoms with Crippen LogP contribution >= 0.6 is 0 Å². The molecule has 1 N–H and O–H groups in total. The number of amides is 2. The van der Waals surface area contributed by atoms with Crippen LogP contribution in [0.1, 0.15) is 40.0 Å². The molecule has 1 rings (SSSR count). The monoisotopic (exact) mass is 295 g/mol. The molecule has 1 aliphatic rings. The number of carbonyl (C=O) groups excluding carboxylic acids is 1. The number of piperidine rings is 1. The standard InChI is InChI=1S/C15H25N3O3/c1-11(2)10-17(7-4-6-16)15(21)18-8-5-12(3)9-13(18)14(19)20/h11-13H,4-5,7-10H2,1-3H3,(H,19,20). The third-order valence-corrected chi connectivity index (χ3v) is 3.74. The smallest absolute Gasteiger partial charge is 0.326 e. The first-order valence-corrected chi connectivity index (χ1v) is 7.52. The van der Waals surface area contributed by atoms with E-state index in [2.05, 4.69) is 0 Å². The predicted octanol–water partition coefficient (Wildman–Crippen LogP) is 2.16. The number of urea groups is 1. The first-order valence-electron chi connectivity index (χ1n) is 7.52. The molecule has 118 valence electrons. The Morgan fingerprint density at radius 3 is 2.67 bits per heavy atom. The fourth-order valence-corrected chi connectivity index (χ4v) is 2.68. The van der Waals surface area contributed by atoms with E-state index in [0.29, 0.717) is 32.0 Å². The van der Waals surface area contributed by atoms with Crippen LogP contribution in [0.3, 0.4) is 0 Å². The summed E-state index contributed by atoms with van der Waals surface area (Å²) in [5.74, 6) is -0.355. The molecule has 6 nitrogen and oxygen atoms in total. The zero-order chi connectivity index (χ0) is 16.0. The first-order chi connectivity index (χ1) is 9.86. The van der Waals surface area contributed by atoms with E-state index in [-0.39, 0.29) is 18.4 Å². The maximum absolute atomic E-state index is 12.6. The van der Waals surface area contributed by atoms with Crippen LogP contribution in [-0.4, -0.2) is 52.6 Å². The average Bonchev–Trinajstić information content (AvgIpc) is 2.42. The highest BCUT2D eigenvalue weighted by atomic mass is 16.4. The Morgan fingerprint density at radius 2 is 2.14 bits per heavy atom. The van der Waals surface area contributed by atoms with Gasteiger partial charge in [0, 0.05) is 19.6 Å². The third-order valence-electron chi connectivity index (χ3n) is 3.74. The highest BCUT2D eigenvalue weighted by molar-refractivity contribution is 5.83. The lowest BCUT2D eigenvalue weighted by Gasteiger charge is -2.39. The van der Waals surface area contributed by atoms with Gasteiger partial charge in [0.1, 0.15) is 6.04 Å². The number of carboxylic acid groups (broad SMARTS) is 1. The van der Waals surface area contributed by atoms with Crippen molar-refractivity contribution in [2.24, 2.45) is 11.8 Å². The normalized spacial score (nSPS) is 22.0. The molecule has 0 aromatic rings. The van der Waals surface area contributed by atoms with Crippen molar-refractivity contribution in [2.45, 2.75) is 46.1 Å². The number of aliphatic carboxylic acids is 1. The molecular weight excluding hydrogens is 270 g/mol. The van der Waals surface area contributed by atoms with Crippen molar-refractivity contribution in [1.82, 2.24) is 9.80 Å². The highest BCUT2D eigenvalue weighted by Crippen LogP contribution is 2.24. The molecule has 1 heterocycles. The van der Waals surface area contributed by atoms with Crippen molar-refractivity contribution in [2.75, 3.05) is 19.6 Å². The van der Waals surface area contributed by atoms with Gasteiger partial charge in [0.05, 0.1) is 12.5 Å². The van der Waals surface area contributed by atoms with Gasteiger partial charge in [0.15, 0.2) is 0 Å². The summed E-state index contributed by atoms with van der Waals surface area (Å²) in [6, 6.07) is 1.04. The molecular formula is C15H25N3O3. The van der Waals surface area contributed by atoms with Crippen molar-refractivity contribution in [3.05, 3.63) is 0 Å². The van der Waals surface area contributed by atoms with Crippen LogP contribution in [0.15, 0.2) is 0 Å². The molecule has 6 heteroatoms. The number of rotatable bonds is 5. The van der Waals surface area contributed by atoms with Gasteiger partial charge in [-0.3, -0.25) is 0 Å².